The van der Waals surface area contributed by atoms with Crippen LogP contribution >= 0.6 is 11.6 Å². The number of carbonyl (C=O) groups is 1. The van der Waals surface area contributed by atoms with Crippen LogP contribution < -0.4 is 10.5 Å². The van der Waals surface area contributed by atoms with Gasteiger partial charge in [0, 0.05) is 30.5 Å². The van der Waals surface area contributed by atoms with Gasteiger partial charge >= 0.3 is 0 Å². The van der Waals surface area contributed by atoms with Gasteiger partial charge in [-0.3, -0.25) is 14.9 Å². The minimum Gasteiger partial charge on any atom is -0.487 e. The Labute approximate surface area is 188 Å². The number of nitro groups is 1. The summed E-state index contributed by atoms with van der Waals surface area (Å²) in [6.07, 6.45) is 1.65. The van der Waals surface area contributed by atoms with Crippen molar-refractivity contribution in [3.05, 3.63) is 91.5 Å². The summed E-state index contributed by atoms with van der Waals surface area (Å²) < 4.78 is 11.3. The summed E-state index contributed by atoms with van der Waals surface area (Å²) in [5.41, 5.74) is 7.98. The van der Waals surface area contributed by atoms with Crippen molar-refractivity contribution >= 4 is 23.1 Å². The molecule has 0 unspecified atom stereocenters. The lowest BCUT2D eigenvalue weighted by Crippen LogP contribution is -2.27. The molecule has 0 radical (unpaired) electrons. The van der Waals surface area contributed by atoms with Crippen molar-refractivity contribution in [1.82, 2.24) is 0 Å². The maximum Gasteiger partial charge on any atom is 0.269 e. The van der Waals surface area contributed by atoms with Gasteiger partial charge in [-0.2, -0.15) is 5.26 Å². The molecule has 0 saturated carbocycles. The quantitative estimate of drug-likeness (QED) is 0.517. The predicted molar refractivity (Wildman–Crippen MR) is 115 cm³/mol. The van der Waals surface area contributed by atoms with Gasteiger partial charge in [-0.1, -0.05) is 17.7 Å². The summed E-state index contributed by atoms with van der Waals surface area (Å²) in [6, 6.07) is 13.2. The Kier molecular flexibility index (Phi) is 5.84. The number of allylic oxidation sites excluding steroid dienone is 3. The second-order valence-corrected chi connectivity index (χ2v) is 7.85. The van der Waals surface area contributed by atoms with Crippen LogP contribution in [0.25, 0.3) is 0 Å². The first-order valence-corrected chi connectivity index (χ1v) is 10.3. The summed E-state index contributed by atoms with van der Waals surface area (Å²) in [5, 5.41) is 20.7. The lowest BCUT2D eigenvalue weighted by molar-refractivity contribution is -0.384. The third-order valence-corrected chi connectivity index (χ3v) is 5.73. The molecule has 1 heterocycles. The highest BCUT2D eigenvalue weighted by Gasteiger charge is 2.38. The molecule has 0 bridgehead atoms. The number of nitro benzene ring substituents is 1. The molecule has 1 aliphatic heterocycles. The number of nitriles is 1. The highest BCUT2D eigenvalue weighted by molar-refractivity contribution is 6.32. The SMILES string of the molecule is N#CC1=C(N)OC2=C(C(=O)CCC2)[C@H]1c1ccc(OCc2ccc([N+](=O)[O-])cc2)c(Cl)c1. The maximum absolute atomic E-state index is 12.6. The molecule has 32 heavy (non-hydrogen) atoms. The number of rotatable bonds is 5. The number of benzene rings is 2. The van der Waals surface area contributed by atoms with E-state index >= 15 is 0 Å². The Morgan fingerprint density at radius 2 is 2.00 bits per heavy atom. The zero-order chi connectivity index (χ0) is 22.8. The van der Waals surface area contributed by atoms with Crippen LogP contribution in [0.5, 0.6) is 5.75 Å². The number of ketones is 1. The van der Waals surface area contributed by atoms with Gasteiger partial charge in [0.05, 0.1) is 15.9 Å². The van der Waals surface area contributed by atoms with Gasteiger partial charge in [-0.15, -0.1) is 0 Å². The van der Waals surface area contributed by atoms with Gasteiger partial charge in [0.2, 0.25) is 5.88 Å². The zero-order valence-electron chi connectivity index (χ0n) is 16.8. The fraction of sp³-hybridized carbons (Fsp3) is 0.217. The van der Waals surface area contributed by atoms with E-state index in [4.69, 9.17) is 26.8 Å². The summed E-state index contributed by atoms with van der Waals surface area (Å²) >= 11 is 6.44. The van der Waals surface area contributed by atoms with Crippen molar-refractivity contribution in [2.45, 2.75) is 31.8 Å². The Morgan fingerprint density at radius 3 is 2.66 bits per heavy atom. The summed E-state index contributed by atoms with van der Waals surface area (Å²) in [6.45, 7) is 0.165. The van der Waals surface area contributed by atoms with Crippen LogP contribution in [0.3, 0.4) is 0 Å². The third-order valence-electron chi connectivity index (χ3n) is 5.44. The van der Waals surface area contributed by atoms with E-state index in [1.54, 1.807) is 30.3 Å². The number of nitrogens with two attached hydrogens (primary N) is 1. The molecule has 0 spiro atoms. The second kappa shape index (κ2) is 8.73. The van der Waals surface area contributed by atoms with Crippen molar-refractivity contribution in [1.29, 1.82) is 5.26 Å². The van der Waals surface area contributed by atoms with Gasteiger partial charge in [0.1, 0.15) is 29.8 Å². The molecule has 2 aromatic carbocycles. The highest BCUT2D eigenvalue weighted by atomic mass is 35.5. The number of halogens is 1. The van der Waals surface area contributed by atoms with Gasteiger partial charge in [0.15, 0.2) is 5.78 Å². The number of carbonyl (C=O) groups excluding carboxylic acids is 1. The number of hydrogen-bond acceptors (Lipinski definition) is 7. The van der Waals surface area contributed by atoms with Crippen molar-refractivity contribution < 1.29 is 19.2 Å². The minimum atomic E-state index is -0.641. The van der Waals surface area contributed by atoms with Crippen LogP contribution in [0.15, 0.2) is 65.3 Å². The largest absolute Gasteiger partial charge is 0.487 e. The van der Waals surface area contributed by atoms with Gasteiger partial charge in [-0.25, -0.2) is 0 Å². The molecule has 162 valence electrons. The average Bonchev–Trinajstić information content (AvgIpc) is 2.77. The number of non-ortho nitro benzene ring substituents is 1. The Morgan fingerprint density at radius 1 is 1.25 bits per heavy atom. The van der Waals surface area contributed by atoms with Crippen molar-refractivity contribution in [3.63, 3.8) is 0 Å². The number of ether oxygens (including phenoxy) is 2. The van der Waals surface area contributed by atoms with E-state index in [0.717, 1.165) is 5.56 Å². The van der Waals surface area contributed by atoms with Gasteiger partial charge in [0.25, 0.3) is 5.69 Å². The predicted octanol–water partition coefficient (Wildman–Crippen LogP) is 4.64. The lowest BCUT2D eigenvalue weighted by atomic mass is 9.77. The molecular weight excluding hydrogens is 434 g/mol. The third kappa shape index (κ3) is 4.03. The van der Waals surface area contributed by atoms with E-state index in [0.29, 0.717) is 46.9 Å². The fourth-order valence-electron chi connectivity index (χ4n) is 3.88. The normalized spacial score (nSPS) is 18.0. The van der Waals surface area contributed by atoms with E-state index < -0.39 is 10.8 Å². The van der Waals surface area contributed by atoms with E-state index in [1.165, 1.54) is 12.1 Å². The number of nitrogens with zero attached hydrogens (tertiary/aromatic N) is 2. The first-order chi connectivity index (χ1) is 15.4. The lowest BCUT2D eigenvalue weighted by Gasteiger charge is -2.31. The van der Waals surface area contributed by atoms with Crippen molar-refractivity contribution in [2.24, 2.45) is 5.73 Å². The smallest absolute Gasteiger partial charge is 0.269 e. The summed E-state index contributed by atoms with van der Waals surface area (Å²) in [4.78, 5) is 22.9. The molecule has 0 aromatic heterocycles. The standard InChI is InChI=1S/C23H18ClN3O5/c24-17-10-14(6-9-19(17)31-12-13-4-7-15(8-5-13)27(29)30)21-16(11-25)23(26)32-20-3-1-2-18(28)22(20)21/h4-10,21H,1-3,12,26H2/t21-/m0/s1. The van der Waals surface area contributed by atoms with Crippen LogP contribution in [-0.4, -0.2) is 10.7 Å². The molecule has 9 heteroatoms. The van der Waals surface area contributed by atoms with E-state index in [2.05, 4.69) is 6.07 Å². The zero-order valence-corrected chi connectivity index (χ0v) is 17.6. The molecule has 0 amide bonds. The van der Waals surface area contributed by atoms with Crippen LogP contribution in [0.2, 0.25) is 5.02 Å². The molecule has 1 aliphatic carbocycles. The molecule has 2 aromatic rings. The summed E-state index contributed by atoms with van der Waals surface area (Å²) in [7, 11) is 0. The van der Waals surface area contributed by atoms with Crippen LogP contribution in [0.4, 0.5) is 5.69 Å². The topological polar surface area (TPSA) is 128 Å². The number of hydrogen-bond donors (Lipinski definition) is 1. The van der Waals surface area contributed by atoms with Gasteiger partial charge in [-0.05, 0) is 41.8 Å². The molecule has 2 aliphatic rings. The van der Waals surface area contributed by atoms with E-state index in [1.807, 2.05) is 0 Å². The summed E-state index contributed by atoms with van der Waals surface area (Å²) in [5.74, 6) is 0.210. The van der Waals surface area contributed by atoms with Crippen LogP contribution in [0, 0.1) is 21.4 Å². The molecule has 4 rings (SSSR count). The molecule has 0 saturated heterocycles. The Balaban J connectivity index is 1.59. The minimum absolute atomic E-state index is 0.000528. The van der Waals surface area contributed by atoms with Gasteiger partial charge < -0.3 is 15.2 Å². The second-order valence-electron chi connectivity index (χ2n) is 7.44. The van der Waals surface area contributed by atoms with Crippen molar-refractivity contribution in [3.8, 4) is 11.8 Å². The molecule has 8 nitrogen and oxygen atoms in total. The number of Topliss-reactive ketones (excluding diaryl/α,β-unsaturated/α-hetero) is 1. The Hall–Kier alpha value is -3.83. The fourth-order valence-corrected chi connectivity index (χ4v) is 4.12. The average molecular weight is 452 g/mol. The molecule has 2 N–H and O–H groups in total. The maximum atomic E-state index is 12.6. The van der Waals surface area contributed by atoms with Crippen LogP contribution in [-0.2, 0) is 16.1 Å². The van der Waals surface area contributed by atoms with E-state index in [-0.39, 0.29) is 29.5 Å². The first kappa shape index (κ1) is 21.4. The highest BCUT2D eigenvalue weighted by Crippen LogP contribution is 2.44. The molecule has 1 atom stereocenters. The monoisotopic (exact) mass is 451 g/mol. The van der Waals surface area contributed by atoms with Crippen molar-refractivity contribution in [2.75, 3.05) is 0 Å². The Bertz CT molecular complexity index is 1210. The molecular formula is C23H18ClN3O5. The molecule has 0 fully saturated rings. The van der Waals surface area contributed by atoms with E-state index in [9.17, 15) is 20.2 Å². The van der Waals surface area contributed by atoms with Crippen LogP contribution in [0.1, 0.15) is 36.3 Å². The first-order valence-electron chi connectivity index (χ1n) is 9.88.